The van der Waals surface area contributed by atoms with Crippen molar-refractivity contribution in [2.75, 3.05) is 42.3 Å². The van der Waals surface area contributed by atoms with E-state index in [2.05, 4.69) is 44.3 Å². The molecule has 2 aromatic carbocycles. The van der Waals surface area contributed by atoms with Crippen molar-refractivity contribution in [3.8, 4) is 0 Å². The Bertz CT molecular complexity index is 1390. The highest BCUT2D eigenvalue weighted by molar-refractivity contribution is 5.98. The summed E-state index contributed by atoms with van der Waals surface area (Å²) in [6.45, 7) is 9.61. The number of aromatic amines is 1. The van der Waals surface area contributed by atoms with Crippen LogP contribution in [0, 0.1) is 12.7 Å². The van der Waals surface area contributed by atoms with Crippen molar-refractivity contribution in [1.82, 2.24) is 25.3 Å². The Hall–Kier alpha value is -3.59. The Kier molecular flexibility index (Phi) is 5.44. The molecule has 2 atom stereocenters. The number of fused-ring (bicyclic) bond motifs is 2. The van der Waals surface area contributed by atoms with Gasteiger partial charge in [0.15, 0.2) is 5.82 Å². The Morgan fingerprint density at radius 3 is 2.76 bits per heavy atom. The van der Waals surface area contributed by atoms with Crippen LogP contribution in [0.15, 0.2) is 36.9 Å². The summed E-state index contributed by atoms with van der Waals surface area (Å²) in [7, 11) is 5.91. The van der Waals surface area contributed by atoms with Gasteiger partial charge in [-0.3, -0.25) is 9.78 Å². The van der Waals surface area contributed by atoms with E-state index in [-0.39, 0.29) is 17.9 Å². The van der Waals surface area contributed by atoms with Crippen LogP contribution in [0.4, 0.5) is 27.3 Å². The third-order valence-corrected chi connectivity index (χ3v) is 6.62. The number of rotatable bonds is 5. The minimum absolute atomic E-state index is 0.165. The van der Waals surface area contributed by atoms with Gasteiger partial charge in [0, 0.05) is 68.8 Å². The first-order valence-electron chi connectivity index (χ1n) is 11.5. The molecule has 0 aliphatic carbocycles. The number of hydrogen-bond donors (Lipinski definition) is 3. The van der Waals surface area contributed by atoms with Gasteiger partial charge in [-0.25, -0.2) is 4.39 Å². The summed E-state index contributed by atoms with van der Waals surface area (Å²) in [6, 6.07) is 8.06. The lowest BCUT2D eigenvalue weighted by atomic mass is 10.1. The van der Waals surface area contributed by atoms with Crippen LogP contribution in [0.5, 0.6) is 0 Å². The molecule has 0 amide bonds. The molecule has 2 aromatic heterocycles. The number of H-pyrrole nitrogens is 1. The van der Waals surface area contributed by atoms with Gasteiger partial charge in [-0.05, 0) is 38.1 Å². The molecule has 0 bridgehead atoms. The number of nitrogens with zero attached hydrogens (tertiary/aromatic N) is 5. The second-order valence-electron chi connectivity index (χ2n) is 9.36. The van der Waals surface area contributed by atoms with Crippen LogP contribution in [0.25, 0.3) is 21.8 Å². The number of halogens is 1. The quantitative estimate of drug-likeness (QED) is 0.389. The molecule has 0 saturated carbocycles. The normalized spacial score (nSPS) is 18.6. The lowest BCUT2D eigenvalue weighted by molar-refractivity contribution is 0.431. The fraction of sp³-hybridized carbons (Fsp3) is 0.360. The van der Waals surface area contributed by atoms with Crippen molar-refractivity contribution in [1.29, 1.82) is 0 Å². The van der Waals surface area contributed by atoms with Crippen molar-refractivity contribution in [3.05, 3.63) is 48.4 Å². The molecule has 8 nitrogen and oxygen atoms in total. The van der Waals surface area contributed by atoms with Crippen LogP contribution >= 0.6 is 0 Å². The number of aryl methyl sites for hydroxylation is 2. The van der Waals surface area contributed by atoms with E-state index in [0.717, 1.165) is 46.7 Å². The molecular weight excluding hydrogens is 431 g/mol. The summed E-state index contributed by atoms with van der Waals surface area (Å²) < 4.78 is 17.3. The highest BCUT2D eigenvalue weighted by Gasteiger charge is 2.24. The number of hydrogen-bond acceptors (Lipinski definition) is 6. The summed E-state index contributed by atoms with van der Waals surface area (Å²) in [5.41, 5.74) is 5.30. The number of aromatic nitrogens is 4. The molecule has 34 heavy (non-hydrogen) atoms. The van der Waals surface area contributed by atoms with Crippen LogP contribution in [0.1, 0.15) is 12.6 Å². The monoisotopic (exact) mass is 462 g/mol. The van der Waals surface area contributed by atoms with E-state index < -0.39 is 0 Å². The zero-order valence-electron chi connectivity index (χ0n) is 20.3. The predicted octanol–water partition coefficient (Wildman–Crippen LogP) is 4.06. The standard InChI is InChI=1S/C25H31FN8/c1-7-16-13-34(12-14(2)27-16)18-10-20(26)23-21(11-18)29-30-25(23)28-17-8-19-15(3)33(6)31-24(19)22(9-17)32(4)5/h7-11,14,16,27H,1,12-13H2,2-6H3,(H2,28,29,30)/t14-,16-/m1/s1. The maximum atomic E-state index is 15.4. The lowest BCUT2D eigenvalue weighted by Gasteiger charge is -2.38. The van der Waals surface area contributed by atoms with Crippen LogP contribution in [0.2, 0.25) is 0 Å². The Morgan fingerprint density at radius 2 is 2.03 bits per heavy atom. The first kappa shape index (κ1) is 22.2. The Morgan fingerprint density at radius 1 is 1.24 bits per heavy atom. The highest BCUT2D eigenvalue weighted by atomic mass is 19.1. The molecule has 1 aliphatic rings. The third-order valence-electron chi connectivity index (χ3n) is 6.62. The van der Waals surface area contributed by atoms with Crippen molar-refractivity contribution < 1.29 is 4.39 Å². The zero-order chi connectivity index (χ0) is 24.1. The van der Waals surface area contributed by atoms with E-state index in [4.69, 9.17) is 0 Å². The fourth-order valence-corrected chi connectivity index (χ4v) is 4.78. The summed E-state index contributed by atoms with van der Waals surface area (Å²) in [6.07, 6.45) is 1.90. The van der Waals surface area contributed by atoms with E-state index in [0.29, 0.717) is 16.7 Å². The Labute approximate surface area is 198 Å². The summed E-state index contributed by atoms with van der Waals surface area (Å²) >= 11 is 0. The minimum atomic E-state index is -0.309. The number of nitrogens with one attached hydrogen (secondary N) is 3. The maximum absolute atomic E-state index is 15.4. The first-order valence-corrected chi connectivity index (χ1v) is 11.5. The molecular formula is C25H31FN8. The van der Waals surface area contributed by atoms with Crippen LogP contribution in [-0.2, 0) is 7.05 Å². The molecule has 3 heterocycles. The van der Waals surface area contributed by atoms with Gasteiger partial charge in [0.1, 0.15) is 11.3 Å². The summed E-state index contributed by atoms with van der Waals surface area (Å²) in [5, 5.41) is 20.4. The first-order chi connectivity index (χ1) is 16.2. The second-order valence-corrected chi connectivity index (χ2v) is 9.36. The smallest absolute Gasteiger partial charge is 0.163 e. The van der Waals surface area contributed by atoms with Gasteiger partial charge < -0.3 is 20.4 Å². The average Bonchev–Trinajstić information content (AvgIpc) is 3.33. The van der Waals surface area contributed by atoms with Crippen LogP contribution < -0.4 is 20.4 Å². The molecule has 1 aliphatic heterocycles. The van der Waals surface area contributed by atoms with Crippen LogP contribution in [-0.4, -0.2) is 59.2 Å². The summed E-state index contributed by atoms with van der Waals surface area (Å²) in [5.74, 6) is 0.152. The fourth-order valence-electron chi connectivity index (χ4n) is 4.78. The van der Waals surface area contributed by atoms with E-state index >= 15 is 4.39 Å². The number of piperazine rings is 1. The SMILES string of the molecule is C=C[C@@H]1CN(c2cc(F)c3c(Nc4cc(N(C)C)c5nn(C)c(C)c5c4)n[nH]c3c2)C[C@@H](C)N1. The van der Waals surface area contributed by atoms with Gasteiger partial charge in [0.25, 0.3) is 0 Å². The zero-order valence-corrected chi connectivity index (χ0v) is 20.3. The van der Waals surface area contributed by atoms with Gasteiger partial charge in [0.2, 0.25) is 0 Å². The molecule has 1 fully saturated rings. The Balaban J connectivity index is 1.52. The van der Waals surface area contributed by atoms with Crippen molar-refractivity contribution in [2.45, 2.75) is 25.9 Å². The molecule has 5 rings (SSSR count). The largest absolute Gasteiger partial charge is 0.376 e. The molecule has 0 unspecified atom stereocenters. The molecule has 4 aromatic rings. The van der Waals surface area contributed by atoms with Crippen molar-refractivity contribution in [3.63, 3.8) is 0 Å². The van der Waals surface area contributed by atoms with Crippen molar-refractivity contribution >= 4 is 44.7 Å². The molecule has 3 N–H and O–H groups in total. The van der Waals surface area contributed by atoms with Crippen molar-refractivity contribution in [2.24, 2.45) is 7.05 Å². The molecule has 0 spiro atoms. The van der Waals surface area contributed by atoms with Gasteiger partial charge >= 0.3 is 0 Å². The van der Waals surface area contributed by atoms with Gasteiger partial charge in [-0.2, -0.15) is 10.2 Å². The molecule has 0 radical (unpaired) electrons. The highest BCUT2D eigenvalue weighted by Crippen LogP contribution is 2.35. The van der Waals surface area contributed by atoms with E-state index in [1.54, 1.807) is 6.07 Å². The number of anilines is 4. The van der Waals surface area contributed by atoms with E-state index in [9.17, 15) is 0 Å². The molecule has 9 heteroatoms. The lowest BCUT2D eigenvalue weighted by Crippen LogP contribution is -2.54. The summed E-state index contributed by atoms with van der Waals surface area (Å²) in [4.78, 5) is 4.22. The van der Waals surface area contributed by atoms with E-state index in [1.165, 1.54) is 0 Å². The third kappa shape index (κ3) is 3.75. The predicted molar refractivity (Wildman–Crippen MR) is 138 cm³/mol. The second kappa shape index (κ2) is 8.32. The topological polar surface area (TPSA) is 77.0 Å². The maximum Gasteiger partial charge on any atom is 0.163 e. The van der Waals surface area contributed by atoms with Crippen LogP contribution in [0.3, 0.4) is 0 Å². The van der Waals surface area contributed by atoms with Gasteiger partial charge in [0.05, 0.1) is 16.6 Å². The minimum Gasteiger partial charge on any atom is -0.376 e. The molecule has 178 valence electrons. The van der Waals surface area contributed by atoms with E-state index in [1.807, 2.05) is 61.9 Å². The average molecular weight is 463 g/mol. The van der Waals surface area contributed by atoms with Gasteiger partial charge in [-0.1, -0.05) is 6.08 Å². The number of benzene rings is 2. The molecule has 1 saturated heterocycles. The van der Waals surface area contributed by atoms with Gasteiger partial charge in [-0.15, -0.1) is 6.58 Å².